The van der Waals surface area contributed by atoms with Crippen LogP contribution in [-0.2, 0) is 5.75 Å². The van der Waals surface area contributed by atoms with E-state index in [4.69, 9.17) is 0 Å². The van der Waals surface area contributed by atoms with E-state index in [2.05, 4.69) is 43.1 Å². The zero-order chi connectivity index (χ0) is 16.9. The topological polar surface area (TPSA) is 33.2 Å². The predicted octanol–water partition coefficient (Wildman–Crippen LogP) is 4.55. The first-order valence-electron chi connectivity index (χ1n) is 8.57. The Bertz CT molecular complexity index is 708. The number of hydrogen-bond donors (Lipinski definition) is 0. The molecule has 1 amide bonds. The Labute approximate surface area is 148 Å². The van der Waals surface area contributed by atoms with Crippen molar-refractivity contribution in [3.63, 3.8) is 0 Å². The summed E-state index contributed by atoms with van der Waals surface area (Å²) in [6.45, 7) is 6.07. The van der Waals surface area contributed by atoms with Gasteiger partial charge < -0.3 is 4.90 Å². The number of rotatable bonds is 4. The van der Waals surface area contributed by atoms with Crippen LogP contribution in [0.3, 0.4) is 0 Å². The second kappa shape index (κ2) is 7.84. The molecule has 1 aromatic heterocycles. The minimum absolute atomic E-state index is 0.0737. The third-order valence-corrected chi connectivity index (χ3v) is 5.78. The number of pyridine rings is 1. The number of carbonyl (C=O) groups excluding carboxylic acids is 1. The maximum Gasteiger partial charge on any atom is 0.272 e. The van der Waals surface area contributed by atoms with Crippen LogP contribution in [0, 0.1) is 12.8 Å². The molecule has 1 fully saturated rings. The molecular weight excluding hydrogens is 316 g/mol. The molecule has 0 radical (unpaired) electrons. The Morgan fingerprint density at radius 3 is 2.67 bits per heavy atom. The second-order valence-electron chi connectivity index (χ2n) is 6.54. The molecule has 126 valence electrons. The monoisotopic (exact) mass is 340 g/mol. The Balaban J connectivity index is 1.65. The largest absolute Gasteiger partial charge is 0.337 e. The lowest BCUT2D eigenvalue weighted by Crippen LogP contribution is -2.38. The van der Waals surface area contributed by atoms with Crippen molar-refractivity contribution in [1.29, 1.82) is 0 Å². The molecule has 0 unspecified atom stereocenters. The molecule has 0 saturated carbocycles. The molecule has 1 saturated heterocycles. The summed E-state index contributed by atoms with van der Waals surface area (Å²) in [4.78, 5) is 20.5. The molecule has 1 aromatic carbocycles. The number of hydrogen-bond acceptors (Lipinski definition) is 3. The second-order valence-corrected chi connectivity index (χ2v) is 7.56. The third-order valence-electron chi connectivity index (χ3n) is 4.57. The molecule has 2 heterocycles. The van der Waals surface area contributed by atoms with Crippen molar-refractivity contribution < 1.29 is 4.79 Å². The molecule has 0 aliphatic carbocycles. The van der Waals surface area contributed by atoms with Gasteiger partial charge in [0.25, 0.3) is 5.91 Å². The zero-order valence-electron chi connectivity index (χ0n) is 14.4. The van der Waals surface area contributed by atoms with Crippen LogP contribution in [0.2, 0.25) is 0 Å². The maximum absolute atomic E-state index is 12.6. The van der Waals surface area contributed by atoms with Gasteiger partial charge in [0, 0.05) is 23.7 Å². The Kier molecular flexibility index (Phi) is 5.56. The van der Waals surface area contributed by atoms with Gasteiger partial charge in [-0.25, -0.2) is 4.98 Å². The van der Waals surface area contributed by atoms with Crippen molar-refractivity contribution in [2.45, 2.75) is 37.3 Å². The SMILES string of the molecule is Cc1ccccc1SCc1cccc(C(=O)N2CCC(C)CC2)n1. The van der Waals surface area contributed by atoms with E-state index in [-0.39, 0.29) is 5.91 Å². The first-order chi connectivity index (χ1) is 11.6. The summed E-state index contributed by atoms with van der Waals surface area (Å²) in [6, 6.07) is 14.1. The van der Waals surface area contributed by atoms with Crippen molar-refractivity contribution in [3.8, 4) is 0 Å². The standard InChI is InChI=1S/C20H24N2OS/c1-15-10-12-22(13-11-15)20(23)18-8-5-7-17(21-18)14-24-19-9-4-3-6-16(19)2/h3-9,15H,10-14H2,1-2H3. The number of benzene rings is 1. The Morgan fingerprint density at radius 1 is 1.17 bits per heavy atom. The van der Waals surface area contributed by atoms with Crippen molar-refractivity contribution in [2.24, 2.45) is 5.92 Å². The molecule has 4 heteroatoms. The number of likely N-dealkylation sites (tertiary alicyclic amines) is 1. The van der Waals surface area contributed by atoms with Gasteiger partial charge in [-0.15, -0.1) is 11.8 Å². The molecule has 2 aromatic rings. The quantitative estimate of drug-likeness (QED) is 0.765. The van der Waals surface area contributed by atoms with Gasteiger partial charge in [0.05, 0.1) is 5.69 Å². The molecular formula is C20H24N2OS. The van der Waals surface area contributed by atoms with Gasteiger partial charge in [0.2, 0.25) is 0 Å². The van der Waals surface area contributed by atoms with Gasteiger partial charge in [0.15, 0.2) is 0 Å². The number of piperidine rings is 1. The van der Waals surface area contributed by atoms with Gasteiger partial charge in [0.1, 0.15) is 5.69 Å². The van der Waals surface area contributed by atoms with E-state index in [1.807, 2.05) is 23.1 Å². The smallest absolute Gasteiger partial charge is 0.272 e. The Hall–Kier alpha value is -1.81. The van der Waals surface area contributed by atoms with Gasteiger partial charge in [-0.1, -0.05) is 31.2 Å². The zero-order valence-corrected chi connectivity index (χ0v) is 15.2. The minimum Gasteiger partial charge on any atom is -0.337 e. The van der Waals surface area contributed by atoms with Crippen LogP contribution in [0.5, 0.6) is 0 Å². The predicted molar refractivity (Wildman–Crippen MR) is 99.3 cm³/mol. The van der Waals surface area contributed by atoms with Crippen LogP contribution in [-0.4, -0.2) is 28.9 Å². The van der Waals surface area contributed by atoms with Crippen LogP contribution < -0.4 is 0 Å². The summed E-state index contributed by atoms with van der Waals surface area (Å²) in [5.74, 6) is 1.58. The number of thioether (sulfide) groups is 1. The van der Waals surface area contributed by atoms with Crippen molar-refractivity contribution in [3.05, 3.63) is 59.4 Å². The molecule has 0 spiro atoms. The van der Waals surface area contributed by atoms with E-state index in [1.54, 1.807) is 11.8 Å². The summed E-state index contributed by atoms with van der Waals surface area (Å²) < 4.78 is 0. The highest BCUT2D eigenvalue weighted by atomic mass is 32.2. The summed E-state index contributed by atoms with van der Waals surface area (Å²) >= 11 is 1.77. The molecule has 0 N–H and O–H groups in total. The normalized spacial score (nSPS) is 15.5. The van der Waals surface area contributed by atoms with Gasteiger partial charge in [-0.05, 0) is 49.4 Å². The van der Waals surface area contributed by atoms with E-state index < -0.39 is 0 Å². The molecule has 3 nitrogen and oxygen atoms in total. The molecule has 1 aliphatic heterocycles. The van der Waals surface area contributed by atoms with E-state index in [1.165, 1.54) is 10.5 Å². The van der Waals surface area contributed by atoms with Crippen LogP contribution in [0.4, 0.5) is 0 Å². The summed E-state index contributed by atoms with van der Waals surface area (Å²) in [6.07, 6.45) is 2.18. The van der Waals surface area contributed by atoms with Gasteiger partial charge >= 0.3 is 0 Å². The lowest BCUT2D eigenvalue weighted by atomic mass is 9.99. The average molecular weight is 340 g/mol. The Morgan fingerprint density at radius 2 is 1.92 bits per heavy atom. The van der Waals surface area contributed by atoms with Crippen molar-refractivity contribution in [2.75, 3.05) is 13.1 Å². The van der Waals surface area contributed by atoms with Crippen LogP contribution in [0.1, 0.15) is 41.5 Å². The average Bonchev–Trinajstić information content (AvgIpc) is 2.61. The first-order valence-corrected chi connectivity index (χ1v) is 9.55. The first kappa shape index (κ1) is 17.0. The van der Waals surface area contributed by atoms with Gasteiger partial charge in [-0.3, -0.25) is 4.79 Å². The van der Waals surface area contributed by atoms with Gasteiger partial charge in [-0.2, -0.15) is 0 Å². The van der Waals surface area contributed by atoms with E-state index >= 15 is 0 Å². The maximum atomic E-state index is 12.6. The molecule has 1 aliphatic rings. The third kappa shape index (κ3) is 4.18. The molecule has 24 heavy (non-hydrogen) atoms. The number of aromatic nitrogens is 1. The molecule has 0 bridgehead atoms. The number of aryl methyl sites for hydroxylation is 1. The number of nitrogens with zero attached hydrogens (tertiary/aromatic N) is 2. The summed E-state index contributed by atoms with van der Waals surface area (Å²) in [7, 11) is 0. The highest BCUT2D eigenvalue weighted by Gasteiger charge is 2.22. The van der Waals surface area contributed by atoms with Crippen LogP contribution in [0.15, 0.2) is 47.4 Å². The molecule has 3 rings (SSSR count). The van der Waals surface area contributed by atoms with Crippen molar-refractivity contribution >= 4 is 17.7 Å². The highest BCUT2D eigenvalue weighted by molar-refractivity contribution is 7.98. The lowest BCUT2D eigenvalue weighted by Gasteiger charge is -2.30. The summed E-state index contributed by atoms with van der Waals surface area (Å²) in [5.41, 5.74) is 2.81. The number of carbonyl (C=O) groups is 1. The molecule has 0 atom stereocenters. The summed E-state index contributed by atoms with van der Waals surface area (Å²) in [5, 5.41) is 0. The van der Waals surface area contributed by atoms with Crippen molar-refractivity contribution in [1.82, 2.24) is 9.88 Å². The fourth-order valence-corrected chi connectivity index (χ4v) is 3.86. The minimum atomic E-state index is 0.0737. The fourth-order valence-electron chi connectivity index (χ4n) is 2.92. The highest BCUT2D eigenvalue weighted by Crippen LogP contribution is 2.25. The van der Waals surface area contributed by atoms with E-state index in [9.17, 15) is 4.79 Å². The lowest BCUT2D eigenvalue weighted by molar-refractivity contribution is 0.0691. The van der Waals surface area contributed by atoms with E-state index in [0.717, 1.165) is 43.3 Å². The number of amides is 1. The van der Waals surface area contributed by atoms with Crippen LogP contribution in [0.25, 0.3) is 0 Å². The fraction of sp³-hybridized carbons (Fsp3) is 0.400. The van der Waals surface area contributed by atoms with Crippen LogP contribution >= 0.6 is 11.8 Å². The van der Waals surface area contributed by atoms with E-state index in [0.29, 0.717) is 5.69 Å².